The van der Waals surface area contributed by atoms with E-state index >= 15 is 0 Å². The van der Waals surface area contributed by atoms with Gasteiger partial charge in [0.1, 0.15) is 0 Å². The minimum Gasteiger partial charge on any atom is -0.309 e. The van der Waals surface area contributed by atoms with Crippen molar-refractivity contribution >= 4 is 21.8 Å². The minimum absolute atomic E-state index is 1.17. The Labute approximate surface area is 216 Å². The topological polar surface area (TPSA) is 4.93 Å². The first-order valence-electron chi connectivity index (χ1n) is 12.7. The molecule has 0 bridgehead atoms. The quantitative estimate of drug-likeness (QED) is 0.241. The molecule has 0 saturated heterocycles. The van der Waals surface area contributed by atoms with Crippen LogP contribution in [0.4, 0.5) is 0 Å². The first-order chi connectivity index (χ1) is 18.3. The van der Waals surface area contributed by atoms with Gasteiger partial charge in [0.15, 0.2) is 0 Å². The molecule has 174 valence electrons. The van der Waals surface area contributed by atoms with Gasteiger partial charge in [0, 0.05) is 16.5 Å². The van der Waals surface area contributed by atoms with Crippen LogP contribution >= 0.6 is 0 Å². The molecule has 0 amide bonds. The maximum Gasteiger partial charge on any atom is 0.0541 e. The fraction of sp³-hybridized carbons (Fsp3) is 0. The summed E-state index contributed by atoms with van der Waals surface area (Å²) < 4.78 is 2.37. The number of aromatic nitrogens is 1. The standard InChI is InChI=1S/C36H25N/c1-3-11-26(12-4-1)29-23-30(27-13-5-2-6-14-27)25-31(24-29)28-19-21-32(22-20-28)37-35-17-9-7-15-33(35)34-16-8-10-18-36(34)37/h1-25H. The summed E-state index contributed by atoms with van der Waals surface area (Å²) in [7, 11) is 0. The van der Waals surface area contributed by atoms with Gasteiger partial charge in [0.2, 0.25) is 0 Å². The van der Waals surface area contributed by atoms with Crippen molar-refractivity contribution in [3.8, 4) is 39.1 Å². The summed E-state index contributed by atoms with van der Waals surface area (Å²) in [6, 6.07) is 54.4. The second-order valence-electron chi connectivity index (χ2n) is 9.45. The maximum absolute atomic E-state index is 2.37. The second kappa shape index (κ2) is 8.96. The van der Waals surface area contributed by atoms with Crippen LogP contribution < -0.4 is 0 Å². The molecule has 37 heavy (non-hydrogen) atoms. The number of rotatable bonds is 4. The summed E-state index contributed by atoms with van der Waals surface area (Å²) in [5, 5.41) is 2.57. The van der Waals surface area contributed by atoms with E-state index < -0.39 is 0 Å². The van der Waals surface area contributed by atoms with E-state index in [1.54, 1.807) is 0 Å². The lowest BCUT2D eigenvalue weighted by atomic mass is 9.93. The number of hydrogen-bond acceptors (Lipinski definition) is 0. The van der Waals surface area contributed by atoms with E-state index in [0.29, 0.717) is 0 Å². The van der Waals surface area contributed by atoms with Gasteiger partial charge in [-0.3, -0.25) is 0 Å². The van der Waals surface area contributed by atoms with Crippen molar-refractivity contribution in [2.75, 3.05) is 0 Å². The van der Waals surface area contributed by atoms with Crippen molar-refractivity contribution in [2.45, 2.75) is 0 Å². The molecule has 1 heteroatoms. The highest BCUT2D eigenvalue weighted by Gasteiger charge is 2.12. The molecule has 0 radical (unpaired) electrons. The normalized spacial score (nSPS) is 11.2. The fourth-order valence-corrected chi connectivity index (χ4v) is 5.39. The number of nitrogens with zero attached hydrogens (tertiary/aromatic N) is 1. The number of hydrogen-bond donors (Lipinski definition) is 0. The Balaban J connectivity index is 1.37. The van der Waals surface area contributed by atoms with Gasteiger partial charge in [-0.25, -0.2) is 0 Å². The van der Waals surface area contributed by atoms with E-state index in [-0.39, 0.29) is 0 Å². The average Bonchev–Trinajstić information content (AvgIpc) is 3.32. The van der Waals surface area contributed by atoms with E-state index in [1.165, 1.54) is 60.9 Å². The van der Waals surface area contributed by atoms with Gasteiger partial charge in [0.05, 0.1) is 11.0 Å². The monoisotopic (exact) mass is 471 g/mol. The highest BCUT2D eigenvalue weighted by atomic mass is 15.0. The maximum atomic E-state index is 2.37. The summed E-state index contributed by atoms with van der Waals surface area (Å²) in [4.78, 5) is 0. The van der Waals surface area contributed by atoms with E-state index in [9.17, 15) is 0 Å². The molecule has 0 N–H and O–H groups in total. The number of fused-ring (bicyclic) bond motifs is 3. The Morgan fingerprint density at radius 2 is 0.676 bits per heavy atom. The lowest BCUT2D eigenvalue weighted by Crippen LogP contribution is -1.93. The van der Waals surface area contributed by atoms with E-state index in [0.717, 1.165) is 0 Å². The molecule has 0 aliphatic carbocycles. The SMILES string of the molecule is c1ccc(-c2cc(-c3ccccc3)cc(-c3ccc(-n4c5ccccc5c5ccccc54)cc3)c2)cc1. The van der Waals surface area contributed by atoms with Gasteiger partial charge >= 0.3 is 0 Å². The van der Waals surface area contributed by atoms with Crippen molar-refractivity contribution in [3.05, 3.63) is 152 Å². The molecule has 0 spiro atoms. The Morgan fingerprint density at radius 1 is 0.297 bits per heavy atom. The van der Waals surface area contributed by atoms with Crippen LogP contribution in [0, 0.1) is 0 Å². The molecular formula is C36H25N. The molecule has 7 rings (SSSR count). The lowest BCUT2D eigenvalue weighted by molar-refractivity contribution is 1.18. The zero-order chi connectivity index (χ0) is 24.6. The molecule has 1 aromatic heterocycles. The minimum atomic E-state index is 1.17. The van der Waals surface area contributed by atoms with Gasteiger partial charge in [-0.05, 0) is 75.8 Å². The third-order valence-corrected chi connectivity index (χ3v) is 7.19. The van der Waals surface area contributed by atoms with Gasteiger partial charge in [-0.15, -0.1) is 0 Å². The predicted octanol–water partition coefficient (Wildman–Crippen LogP) is 9.78. The summed E-state index contributed by atoms with van der Waals surface area (Å²) in [6.45, 7) is 0. The molecule has 0 fully saturated rings. The van der Waals surface area contributed by atoms with Crippen LogP contribution in [0.1, 0.15) is 0 Å². The first-order valence-corrected chi connectivity index (χ1v) is 12.7. The molecule has 0 unspecified atom stereocenters. The second-order valence-corrected chi connectivity index (χ2v) is 9.45. The molecule has 0 aliphatic heterocycles. The molecule has 7 aromatic rings. The molecule has 1 heterocycles. The molecule has 0 atom stereocenters. The van der Waals surface area contributed by atoms with Crippen LogP contribution in [0.15, 0.2) is 152 Å². The largest absolute Gasteiger partial charge is 0.309 e. The Bertz CT molecular complexity index is 1730. The summed E-state index contributed by atoms with van der Waals surface area (Å²) in [5.41, 5.74) is 11.0. The van der Waals surface area contributed by atoms with Crippen LogP contribution in [-0.2, 0) is 0 Å². The summed E-state index contributed by atoms with van der Waals surface area (Å²) in [5.74, 6) is 0. The molecule has 1 nitrogen and oxygen atoms in total. The van der Waals surface area contributed by atoms with Crippen LogP contribution in [0.2, 0.25) is 0 Å². The highest BCUT2D eigenvalue weighted by Crippen LogP contribution is 2.35. The van der Waals surface area contributed by atoms with Crippen molar-refractivity contribution < 1.29 is 0 Å². The van der Waals surface area contributed by atoms with Crippen molar-refractivity contribution in [3.63, 3.8) is 0 Å². The van der Waals surface area contributed by atoms with E-state index in [1.807, 2.05) is 0 Å². The summed E-state index contributed by atoms with van der Waals surface area (Å²) in [6.07, 6.45) is 0. The highest BCUT2D eigenvalue weighted by molar-refractivity contribution is 6.09. The number of para-hydroxylation sites is 2. The Morgan fingerprint density at radius 3 is 1.14 bits per heavy atom. The third-order valence-electron chi connectivity index (χ3n) is 7.19. The van der Waals surface area contributed by atoms with E-state index in [2.05, 4.69) is 156 Å². The molecule has 0 saturated carbocycles. The van der Waals surface area contributed by atoms with Crippen molar-refractivity contribution in [2.24, 2.45) is 0 Å². The lowest BCUT2D eigenvalue weighted by Gasteiger charge is -2.13. The predicted molar refractivity (Wildman–Crippen MR) is 157 cm³/mol. The van der Waals surface area contributed by atoms with Crippen LogP contribution in [0.25, 0.3) is 60.9 Å². The summed E-state index contributed by atoms with van der Waals surface area (Å²) >= 11 is 0. The van der Waals surface area contributed by atoms with E-state index in [4.69, 9.17) is 0 Å². The van der Waals surface area contributed by atoms with Gasteiger partial charge in [0.25, 0.3) is 0 Å². The zero-order valence-electron chi connectivity index (χ0n) is 20.4. The van der Waals surface area contributed by atoms with Crippen LogP contribution in [0.3, 0.4) is 0 Å². The Hall–Kier alpha value is -4.88. The van der Waals surface area contributed by atoms with Crippen molar-refractivity contribution in [1.82, 2.24) is 4.57 Å². The Kier molecular flexibility index (Phi) is 5.19. The smallest absolute Gasteiger partial charge is 0.0541 e. The fourth-order valence-electron chi connectivity index (χ4n) is 5.39. The average molecular weight is 472 g/mol. The van der Waals surface area contributed by atoms with Crippen LogP contribution in [-0.4, -0.2) is 4.57 Å². The van der Waals surface area contributed by atoms with Gasteiger partial charge < -0.3 is 4.57 Å². The van der Waals surface area contributed by atoms with Gasteiger partial charge in [-0.2, -0.15) is 0 Å². The van der Waals surface area contributed by atoms with Crippen molar-refractivity contribution in [1.29, 1.82) is 0 Å². The molecule has 0 aliphatic rings. The third kappa shape index (κ3) is 3.82. The first kappa shape index (κ1) is 21.4. The zero-order valence-corrected chi connectivity index (χ0v) is 20.4. The molecular weight excluding hydrogens is 446 g/mol. The molecule has 6 aromatic carbocycles. The number of benzene rings is 6. The van der Waals surface area contributed by atoms with Crippen LogP contribution in [0.5, 0.6) is 0 Å². The van der Waals surface area contributed by atoms with Gasteiger partial charge in [-0.1, -0.05) is 109 Å².